The van der Waals surface area contributed by atoms with E-state index in [4.69, 9.17) is 5.21 Å². The smallest absolute Gasteiger partial charge is 0.265 e. The number of amides is 1. The zero-order chi connectivity index (χ0) is 23.9. The maximum atomic E-state index is 13.8. The van der Waals surface area contributed by atoms with Crippen molar-refractivity contribution < 1.29 is 22.8 Å². The number of hydrogen-bond acceptors (Lipinski definition) is 6. The number of sulfonamides is 1. The summed E-state index contributed by atoms with van der Waals surface area (Å²) >= 11 is 0. The van der Waals surface area contributed by atoms with E-state index < -0.39 is 22.0 Å². The lowest BCUT2D eigenvalue weighted by atomic mass is 10.1. The molecule has 4 N–H and O–H groups in total. The molecule has 1 amide bonds. The van der Waals surface area contributed by atoms with Crippen LogP contribution in [-0.2, 0) is 14.8 Å². The van der Waals surface area contributed by atoms with Crippen LogP contribution in [0.1, 0.15) is 30.4 Å². The van der Waals surface area contributed by atoms with Crippen molar-refractivity contribution in [2.75, 3.05) is 30.9 Å². The number of benzene rings is 2. The quantitative estimate of drug-likeness (QED) is 0.230. The van der Waals surface area contributed by atoms with E-state index in [2.05, 4.69) is 10.0 Å². The van der Waals surface area contributed by atoms with Crippen LogP contribution in [0.25, 0.3) is 0 Å². The van der Waals surface area contributed by atoms with Crippen molar-refractivity contribution in [3.63, 3.8) is 0 Å². The molecule has 0 saturated heterocycles. The van der Waals surface area contributed by atoms with E-state index in [1.54, 1.807) is 43.6 Å². The van der Waals surface area contributed by atoms with Gasteiger partial charge in [-0.3, -0.25) is 10.0 Å². The molecule has 0 aliphatic carbocycles. The van der Waals surface area contributed by atoms with Crippen molar-refractivity contribution in [2.45, 2.75) is 44.0 Å². The summed E-state index contributed by atoms with van der Waals surface area (Å²) in [6.45, 7) is 3.47. The summed E-state index contributed by atoms with van der Waals surface area (Å²) in [5.74, 6) is -0.923. The summed E-state index contributed by atoms with van der Waals surface area (Å²) in [7, 11) is 0.0208. The average Bonchev–Trinajstić information content (AvgIpc) is 2.75. The summed E-state index contributed by atoms with van der Waals surface area (Å²) in [4.78, 5) is 14.0. The van der Waals surface area contributed by atoms with Crippen LogP contribution in [0.4, 0.5) is 15.8 Å². The largest absolute Gasteiger partial charge is 0.378 e. The molecule has 176 valence electrons. The molecule has 0 spiro atoms. The van der Waals surface area contributed by atoms with Crippen molar-refractivity contribution in [1.82, 2.24) is 10.2 Å². The molecule has 0 aromatic heterocycles. The third kappa shape index (κ3) is 6.91. The lowest BCUT2D eigenvalue weighted by Gasteiger charge is -2.19. The number of halogens is 1. The highest BCUT2D eigenvalue weighted by atomic mass is 32.2. The van der Waals surface area contributed by atoms with Gasteiger partial charge in [0.15, 0.2) is 0 Å². The highest BCUT2D eigenvalue weighted by Crippen LogP contribution is 2.20. The van der Waals surface area contributed by atoms with Crippen molar-refractivity contribution in [3.05, 3.63) is 53.3 Å². The van der Waals surface area contributed by atoms with Crippen LogP contribution in [0.15, 0.2) is 41.3 Å². The second-order valence-corrected chi connectivity index (χ2v) is 9.65. The fourth-order valence-corrected chi connectivity index (χ4v) is 4.38. The van der Waals surface area contributed by atoms with Crippen LogP contribution < -0.4 is 20.4 Å². The first kappa shape index (κ1) is 25.6. The fraction of sp³-hybridized carbons (Fsp3) is 0.409. The number of carbonyl (C=O) groups excluding carboxylic acids is 1. The average molecular weight is 467 g/mol. The van der Waals surface area contributed by atoms with Crippen LogP contribution in [0, 0.1) is 19.7 Å². The number of rotatable bonds is 11. The Hall–Kier alpha value is -2.69. The van der Waals surface area contributed by atoms with Crippen molar-refractivity contribution in [2.24, 2.45) is 0 Å². The molecule has 0 heterocycles. The Morgan fingerprint density at radius 3 is 2.38 bits per heavy atom. The number of nitrogens with one attached hydrogen (secondary N) is 3. The standard InChI is InChI=1S/C22H31FN4O4S/c1-15-12-17(13-16(2)21(15)23)25-20(22(28)26-29)10-5-6-11-24-32(30,31)19-9-7-8-18(14-19)27(3)4/h7-9,12-14,20,24-25,29H,5-6,10-11H2,1-4H3,(H,26,28)/t20-/m1/s1. The van der Waals surface area contributed by atoms with E-state index in [9.17, 15) is 17.6 Å². The van der Waals surface area contributed by atoms with E-state index in [-0.39, 0.29) is 17.3 Å². The second-order valence-electron chi connectivity index (χ2n) is 7.88. The Balaban J connectivity index is 1.92. The topological polar surface area (TPSA) is 111 Å². The third-order valence-corrected chi connectivity index (χ3v) is 6.52. The van der Waals surface area contributed by atoms with Gasteiger partial charge < -0.3 is 10.2 Å². The first-order valence-electron chi connectivity index (χ1n) is 10.3. The first-order valence-corrected chi connectivity index (χ1v) is 11.8. The number of aryl methyl sites for hydroxylation is 2. The molecular formula is C22H31FN4O4S. The van der Waals surface area contributed by atoms with E-state index in [0.717, 1.165) is 5.69 Å². The van der Waals surface area contributed by atoms with E-state index in [1.165, 1.54) is 6.07 Å². The van der Waals surface area contributed by atoms with Gasteiger partial charge in [0.25, 0.3) is 5.91 Å². The van der Waals surface area contributed by atoms with Crippen LogP contribution in [0.3, 0.4) is 0 Å². The predicted octanol–water partition coefficient (Wildman–Crippen LogP) is 2.94. The molecule has 2 aromatic carbocycles. The van der Waals surface area contributed by atoms with Gasteiger partial charge in [0.2, 0.25) is 10.0 Å². The highest BCUT2D eigenvalue weighted by molar-refractivity contribution is 7.89. The third-order valence-electron chi connectivity index (χ3n) is 5.06. The molecular weight excluding hydrogens is 435 g/mol. The van der Waals surface area contributed by atoms with E-state index >= 15 is 0 Å². The van der Waals surface area contributed by atoms with Gasteiger partial charge in [-0.05, 0) is 74.6 Å². The second kappa shape index (κ2) is 11.3. The normalized spacial score (nSPS) is 12.3. The Labute approximate surface area is 188 Å². The Kier molecular flexibility index (Phi) is 8.99. The number of hydroxylamine groups is 1. The molecule has 0 aliphatic rings. The number of carbonyl (C=O) groups is 1. The van der Waals surface area contributed by atoms with Gasteiger partial charge >= 0.3 is 0 Å². The predicted molar refractivity (Wildman–Crippen MR) is 123 cm³/mol. The molecule has 2 aromatic rings. The molecule has 10 heteroatoms. The van der Waals surface area contributed by atoms with Gasteiger partial charge in [0.1, 0.15) is 11.9 Å². The number of nitrogens with zero attached hydrogens (tertiary/aromatic N) is 1. The SMILES string of the molecule is Cc1cc(N[C@H](CCCCNS(=O)(=O)c2cccc(N(C)C)c2)C(=O)NO)cc(C)c1F. The minimum absolute atomic E-state index is 0.185. The summed E-state index contributed by atoms with van der Waals surface area (Å²) in [6, 6.07) is 9.08. The first-order chi connectivity index (χ1) is 15.0. The van der Waals surface area contributed by atoms with Crippen LogP contribution in [0.5, 0.6) is 0 Å². The Morgan fingerprint density at radius 1 is 1.12 bits per heavy atom. The lowest BCUT2D eigenvalue weighted by Crippen LogP contribution is -2.38. The van der Waals surface area contributed by atoms with Gasteiger partial charge in [-0.1, -0.05) is 6.07 Å². The minimum Gasteiger partial charge on any atom is -0.378 e. The van der Waals surface area contributed by atoms with Gasteiger partial charge in [-0.2, -0.15) is 0 Å². The maximum absolute atomic E-state index is 13.8. The molecule has 0 fully saturated rings. The van der Waals surface area contributed by atoms with E-state index in [1.807, 2.05) is 25.1 Å². The monoisotopic (exact) mass is 466 g/mol. The molecule has 2 rings (SSSR count). The van der Waals surface area contributed by atoms with Crippen molar-refractivity contribution in [1.29, 1.82) is 0 Å². The van der Waals surface area contributed by atoms with Crippen molar-refractivity contribution in [3.8, 4) is 0 Å². The summed E-state index contributed by atoms with van der Waals surface area (Å²) in [5, 5.41) is 12.0. The molecule has 0 bridgehead atoms. The number of anilines is 2. The maximum Gasteiger partial charge on any atom is 0.265 e. The van der Waals surface area contributed by atoms with Crippen molar-refractivity contribution >= 4 is 27.3 Å². The van der Waals surface area contributed by atoms with Gasteiger partial charge in [0.05, 0.1) is 4.90 Å². The minimum atomic E-state index is -3.65. The number of hydrogen-bond donors (Lipinski definition) is 4. The lowest BCUT2D eigenvalue weighted by molar-refractivity contribution is -0.130. The zero-order valence-corrected chi connectivity index (χ0v) is 19.6. The molecule has 1 atom stereocenters. The zero-order valence-electron chi connectivity index (χ0n) is 18.8. The summed E-state index contributed by atoms with van der Waals surface area (Å²) in [5.41, 5.74) is 3.88. The summed E-state index contributed by atoms with van der Waals surface area (Å²) < 4.78 is 41.4. The number of unbranched alkanes of at least 4 members (excludes halogenated alkanes) is 1. The van der Waals surface area contributed by atoms with Gasteiger partial charge in [-0.15, -0.1) is 0 Å². The summed E-state index contributed by atoms with van der Waals surface area (Å²) in [6.07, 6.45) is 1.36. The molecule has 8 nitrogen and oxygen atoms in total. The fourth-order valence-electron chi connectivity index (χ4n) is 3.27. The van der Waals surface area contributed by atoms with E-state index in [0.29, 0.717) is 36.1 Å². The Bertz CT molecular complexity index is 1020. The molecule has 0 radical (unpaired) electrons. The molecule has 32 heavy (non-hydrogen) atoms. The van der Waals surface area contributed by atoms with Gasteiger partial charge in [-0.25, -0.2) is 23.0 Å². The molecule has 0 unspecified atom stereocenters. The van der Waals surface area contributed by atoms with Crippen LogP contribution in [0.2, 0.25) is 0 Å². The van der Waals surface area contributed by atoms with Crippen LogP contribution in [-0.4, -0.2) is 46.2 Å². The van der Waals surface area contributed by atoms with Gasteiger partial charge in [0, 0.05) is 32.0 Å². The molecule has 0 aliphatic heterocycles. The van der Waals surface area contributed by atoms with Crippen LogP contribution >= 0.6 is 0 Å². The Morgan fingerprint density at radius 2 is 1.78 bits per heavy atom. The molecule has 0 saturated carbocycles. The highest BCUT2D eigenvalue weighted by Gasteiger charge is 2.19.